The van der Waals surface area contributed by atoms with Gasteiger partial charge in [-0.2, -0.15) is 0 Å². The quantitative estimate of drug-likeness (QED) is 0.578. The van der Waals surface area contributed by atoms with Crippen molar-refractivity contribution in [3.05, 3.63) is 17.8 Å². The molecule has 7 heteroatoms. The van der Waals surface area contributed by atoms with E-state index in [9.17, 15) is 9.59 Å². The number of aromatic carboxylic acids is 1. The summed E-state index contributed by atoms with van der Waals surface area (Å²) in [6.45, 7) is 2.75. The molecule has 0 spiro atoms. The van der Waals surface area contributed by atoms with Gasteiger partial charge in [0.2, 0.25) is 5.91 Å². The van der Waals surface area contributed by atoms with Gasteiger partial charge in [-0.15, -0.1) is 0 Å². The molecule has 0 aliphatic heterocycles. The van der Waals surface area contributed by atoms with Crippen LogP contribution in [-0.2, 0) is 4.79 Å². The number of hydrogen-bond acceptors (Lipinski definition) is 5. The van der Waals surface area contributed by atoms with E-state index in [1.165, 1.54) is 12.1 Å². The lowest BCUT2D eigenvalue weighted by Crippen LogP contribution is -2.25. The van der Waals surface area contributed by atoms with E-state index >= 15 is 0 Å². The van der Waals surface area contributed by atoms with Crippen molar-refractivity contribution in [1.29, 1.82) is 0 Å². The van der Waals surface area contributed by atoms with E-state index in [0.717, 1.165) is 0 Å². The van der Waals surface area contributed by atoms with Crippen LogP contribution >= 0.6 is 0 Å². The summed E-state index contributed by atoms with van der Waals surface area (Å²) in [5.41, 5.74) is 5.90. The molecule has 0 saturated carbocycles. The largest absolute Gasteiger partial charge is 0.477 e. The third kappa shape index (κ3) is 3.93. The van der Waals surface area contributed by atoms with Crippen molar-refractivity contribution in [2.75, 3.05) is 24.1 Å². The van der Waals surface area contributed by atoms with Crippen LogP contribution < -0.4 is 16.4 Å². The molecule has 0 bridgehead atoms. The average Bonchev–Trinajstić information content (AvgIpc) is 2.31. The van der Waals surface area contributed by atoms with Gasteiger partial charge in [-0.05, 0) is 19.1 Å². The third-order valence-corrected chi connectivity index (χ3v) is 2.16. The van der Waals surface area contributed by atoms with Gasteiger partial charge >= 0.3 is 5.97 Å². The Morgan fingerprint density at radius 2 is 2.17 bits per heavy atom. The van der Waals surface area contributed by atoms with Gasteiger partial charge in [-0.1, -0.05) is 0 Å². The van der Waals surface area contributed by atoms with Gasteiger partial charge in [-0.25, -0.2) is 9.78 Å². The van der Waals surface area contributed by atoms with Crippen LogP contribution in [0.2, 0.25) is 0 Å². The second kappa shape index (κ2) is 6.43. The maximum absolute atomic E-state index is 11.2. The van der Waals surface area contributed by atoms with E-state index in [2.05, 4.69) is 15.6 Å². The summed E-state index contributed by atoms with van der Waals surface area (Å²) in [6.07, 6.45) is 0.270. The summed E-state index contributed by atoms with van der Waals surface area (Å²) in [7, 11) is 0. The molecule has 0 aliphatic carbocycles. The van der Waals surface area contributed by atoms with Crippen molar-refractivity contribution in [3.63, 3.8) is 0 Å². The summed E-state index contributed by atoms with van der Waals surface area (Å²) >= 11 is 0. The fraction of sp³-hybridized carbons (Fsp3) is 0.364. The molecule has 0 fully saturated rings. The topological polar surface area (TPSA) is 117 Å². The van der Waals surface area contributed by atoms with Gasteiger partial charge in [-0.3, -0.25) is 4.79 Å². The highest BCUT2D eigenvalue weighted by Gasteiger charge is 2.08. The van der Waals surface area contributed by atoms with Crippen LogP contribution in [0.1, 0.15) is 23.8 Å². The van der Waals surface area contributed by atoms with Gasteiger partial charge < -0.3 is 21.5 Å². The summed E-state index contributed by atoms with van der Waals surface area (Å²) in [6, 6.07) is 2.79. The van der Waals surface area contributed by atoms with Crippen LogP contribution in [-0.4, -0.2) is 35.1 Å². The van der Waals surface area contributed by atoms with Crippen molar-refractivity contribution in [1.82, 2.24) is 10.3 Å². The van der Waals surface area contributed by atoms with Crippen molar-refractivity contribution in [2.24, 2.45) is 0 Å². The molecule has 18 heavy (non-hydrogen) atoms. The lowest BCUT2D eigenvalue weighted by Gasteiger charge is -2.08. The van der Waals surface area contributed by atoms with E-state index in [1.807, 2.05) is 6.92 Å². The molecular formula is C11H16N4O3. The molecule has 1 amide bonds. The number of anilines is 2. The highest BCUT2D eigenvalue weighted by atomic mass is 16.4. The molecule has 0 radical (unpaired) electrons. The van der Waals surface area contributed by atoms with Gasteiger partial charge in [0.15, 0.2) is 5.69 Å². The number of nitrogen functional groups attached to an aromatic ring is 1. The van der Waals surface area contributed by atoms with Crippen molar-refractivity contribution in [3.8, 4) is 0 Å². The molecular weight excluding hydrogens is 236 g/mol. The molecule has 7 nitrogen and oxygen atoms in total. The number of aromatic nitrogens is 1. The number of pyridine rings is 1. The number of nitrogens with two attached hydrogens (primary N) is 1. The van der Waals surface area contributed by atoms with Crippen LogP contribution in [0.3, 0.4) is 0 Å². The Kier molecular flexibility index (Phi) is 4.91. The van der Waals surface area contributed by atoms with E-state index in [0.29, 0.717) is 18.8 Å². The maximum atomic E-state index is 11.2. The summed E-state index contributed by atoms with van der Waals surface area (Å²) in [5, 5.41) is 14.3. The highest BCUT2D eigenvalue weighted by Crippen LogP contribution is 2.15. The van der Waals surface area contributed by atoms with Crippen molar-refractivity contribution in [2.45, 2.75) is 13.3 Å². The molecule has 5 N–H and O–H groups in total. The summed E-state index contributed by atoms with van der Waals surface area (Å²) in [5.74, 6) is -0.932. The number of carbonyl (C=O) groups excluding carboxylic acids is 1. The summed E-state index contributed by atoms with van der Waals surface area (Å²) < 4.78 is 0. The molecule has 1 aromatic rings. The first-order valence-electron chi connectivity index (χ1n) is 5.55. The van der Waals surface area contributed by atoms with Crippen molar-refractivity contribution < 1.29 is 14.7 Å². The minimum atomic E-state index is -1.12. The molecule has 0 atom stereocenters. The van der Waals surface area contributed by atoms with E-state index < -0.39 is 5.97 Å². The molecule has 0 unspecified atom stereocenters. The van der Waals surface area contributed by atoms with E-state index in [4.69, 9.17) is 10.8 Å². The third-order valence-electron chi connectivity index (χ3n) is 2.16. The van der Waals surface area contributed by atoms with E-state index in [1.54, 1.807) is 0 Å². The number of hydrogen-bond donors (Lipinski definition) is 4. The number of amides is 1. The number of carboxylic acids is 1. The Labute approximate surface area is 104 Å². The standard InChI is InChI=1S/C11H16N4O3/c1-2-13-9(16)5-6-14-10-7(12)3-4-8(15-10)11(17)18/h3-4H,2,5-6,12H2,1H3,(H,13,16)(H,14,15)(H,17,18). The smallest absolute Gasteiger partial charge is 0.354 e. The second-order valence-electron chi connectivity index (χ2n) is 3.57. The minimum Gasteiger partial charge on any atom is -0.477 e. The number of carbonyl (C=O) groups is 2. The predicted octanol–water partition coefficient (Wildman–Crippen LogP) is 0.300. The molecule has 98 valence electrons. The second-order valence-corrected chi connectivity index (χ2v) is 3.57. The zero-order valence-electron chi connectivity index (χ0n) is 10.1. The number of nitrogens with zero attached hydrogens (tertiary/aromatic N) is 1. The number of rotatable bonds is 6. The minimum absolute atomic E-state index is 0.0852. The summed E-state index contributed by atoms with van der Waals surface area (Å²) in [4.78, 5) is 25.8. The molecule has 1 rings (SSSR count). The van der Waals surface area contributed by atoms with Crippen LogP contribution in [0.4, 0.5) is 11.5 Å². The fourth-order valence-corrected chi connectivity index (χ4v) is 1.31. The zero-order valence-corrected chi connectivity index (χ0v) is 10.1. The van der Waals surface area contributed by atoms with Gasteiger partial charge in [0.1, 0.15) is 5.82 Å². The Bertz CT molecular complexity index is 448. The van der Waals surface area contributed by atoms with Gasteiger partial charge in [0.25, 0.3) is 0 Å². The average molecular weight is 252 g/mol. The zero-order chi connectivity index (χ0) is 13.5. The lowest BCUT2D eigenvalue weighted by molar-refractivity contribution is -0.120. The Morgan fingerprint density at radius 3 is 2.78 bits per heavy atom. The highest BCUT2D eigenvalue weighted by molar-refractivity contribution is 5.86. The Morgan fingerprint density at radius 1 is 1.44 bits per heavy atom. The Balaban J connectivity index is 2.58. The first-order chi connectivity index (χ1) is 8.54. The first kappa shape index (κ1) is 13.8. The monoisotopic (exact) mass is 252 g/mol. The molecule has 0 saturated heterocycles. The Hall–Kier alpha value is -2.31. The normalized spacial score (nSPS) is 9.83. The van der Waals surface area contributed by atoms with Gasteiger partial charge in [0, 0.05) is 19.5 Å². The lowest BCUT2D eigenvalue weighted by atomic mass is 10.3. The maximum Gasteiger partial charge on any atom is 0.354 e. The fourth-order valence-electron chi connectivity index (χ4n) is 1.31. The van der Waals surface area contributed by atoms with Crippen LogP contribution in [0.5, 0.6) is 0 Å². The van der Waals surface area contributed by atoms with Crippen LogP contribution in [0.15, 0.2) is 12.1 Å². The predicted molar refractivity (Wildman–Crippen MR) is 67.4 cm³/mol. The van der Waals surface area contributed by atoms with Crippen molar-refractivity contribution >= 4 is 23.4 Å². The molecule has 1 aromatic heterocycles. The van der Waals surface area contributed by atoms with E-state index in [-0.39, 0.29) is 23.8 Å². The van der Waals surface area contributed by atoms with Gasteiger partial charge in [0.05, 0.1) is 5.69 Å². The number of carboxylic acid groups (broad SMARTS) is 1. The van der Waals surface area contributed by atoms with Crippen LogP contribution in [0, 0.1) is 0 Å². The number of nitrogens with one attached hydrogen (secondary N) is 2. The molecule has 1 heterocycles. The van der Waals surface area contributed by atoms with Crippen LogP contribution in [0.25, 0.3) is 0 Å². The molecule has 0 aliphatic rings. The SMILES string of the molecule is CCNC(=O)CCNc1nc(C(=O)O)ccc1N. The first-order valence-corrected chi connectivity index (χ1v) is 5.55. The molecule has 0 aromatic carbocycles.